The molecule has 0 unspecified atom stereocenters. The van der Waals surface area contributed by atoms with E-state index < -0.39 is 5.41 Å². The van der Waals surface area contributed by atoms with Gasteiger partial charge in [-0.3, -0.25) is 4.79 Å². The molecule has 0 saturated carbocycles. The van der Waals surface area contributed by atoms with Crippen LogP contribution in [-0.2, 0) is 14.9 Å². The molecule has 0 radical (unpaired) electrons. The van der Waals surface area contributed by atoms with Crippen LogP contribution in [0, 0.1) is 6.92 Å². The Hall–Kier alpha value is -2.11. The van der Waals surface area contributed by atoms with Gasteiger partial charge in [0.2, 0.25) is 11.8 Å². The van der Waals surface area contributed by atoms with Crippen LogP contribution in [0.2, 0.25) is 5.02 Å². The van der Waals surface area contributed by atoms with Crippen LogP contribution in [0.25, 0.3) is 0 Å². The fraction of sp³-hybridized carbons (Fsp3) is 0.429. The zero-order valence-electron chi connectivity index (χ0n) is 15.8. The van der Waals surface area contributed by atoms with Gasteiger partial charge in [0.15, 0.2) is 0 Å². The zero-order valence-corrected chi connectivity index (χ0v) is 16.5. The quantitative estimate of drug-likeness (QED) is 0.790. The summed E-state index contributed by atoms with van der Waals surface area (Å²) in [5.74, 6) is 0.560. The van der Waals surface area contributed by atoms with Crippen LogP contribution >= 0.6 is 11.6 Å². The SMILES string of the molecule is CCCOc1ncc(NC(=O)C2(c3ccc(Cl)cc3)CCOCC2)cc1C. The standard InChI is InChI=1S/C21H25ClN2O3/c1-3-10-27-19-15(2)13-18(14-23-19)24-20(25)21(8-11-26-12-9-21)16-4-6-17(22)7-5-16/h4-7,13-14H,3,8-12H2,1-2H3,(H,24,25). The Morgan fingerprint density at radius 2 is 2.00 bits per heavy atom. The molecule has 1 fully saturated rings. The molecule has 27 heavy (non-hydrogen) atoms. The Labute approximate surface area is 165 Å². The first-order valence-corrected chi connectivity index (χ1v) is 9.67. The summed E-state index contributed by atoms with van der Waals surface area (Å²) in [5.41, 5.74) is 1.89. The molecule has 1 aliphatic heterocycles. The van der Waals surface area contributed by atoms with Crippen molar-refractivity contribution in [1.82, 2.24) is 4.98 Å². The van der Waals surface area contributed by atoms with Crippen molar-refractivity contribution in [2.24, 2.45) is 0 Å². The van der Waals surface area contributed by atoms with Crippen molar-refractivity contribution >= 4 is 23.2 Å². The van der Waals surface area contributed by atoms with Crippen LogP contribution in [0.15, 0.2) is 36.5 Å². The maximum absolute atomic E-state index is 13.3. The summed E-state index contributed by atoms with van der Waals surface area (Å²) >= 11 is 6.03. The molecule has 1 aromatic carbocycles. The normalized spacial score (nSPS) is 16.0. The number of anilines is 1. The Balaban J connectivity index is 1.83. The maximum Gasteiger partial charge on any atom is 0.235 e. The minimum Gasteiger partial charge on any atom is -0.477 e. The first kappa shape index (κ1) is 19.6. The molecule has 1 amide bonds. The van der Waals surface area contributed by atoms with Crippen molar-refractivity contribution in [3.05, 3.63) is 52.7 Å². The van der Waals surface area contributed by atoms with E-state index in [-0.39, 0.29) is 5.91 Å². The summed E-state index contributed by atoms with van der Waals surface area (Å²) in [7, 11) is 0. The van der Waals surface area contributed by atoms with Gasteiger partial charge in [-0.05, 0) is 49.9 Å². The molecule has 2 heterocycles. The molecule has 0 spiro atoms. The van der Waals surface area contributed by atoms with Gasteiger partial charge in [-0.1, -0.05) is 30.7 Å². The van der Waals surface area contributed by atoms with Crippen LogP contribution in [0.1, 0.15) is 37.3 Å². The summed E-state index contributed by atoms with van der Waals surface area (Å²) in [6.45, 7) is 5.71. The lowest BCUT2D eigenvalue weighted by atomic mass is 9.73. The highest BCUT2D eigenvalue weighted by Gasteiger charge is 2.41. The number of halogens is 1. The molecule has 1 saturated heterocycles. The predicted octanol–water partition coefficient (Wildman–Crippen LogP) is 4.52. The number of amides is 1. The zero-order chi connectivity index (χ0) is 19.3. The fourth-order valence-electron chi connectivity index (χ4n) is 3.37. The van der Waals surface area contributed by atoms with E-state index in [4.69, 9.17) is 21.1 Å². The predicted molar refractivity (Wildman–Crippen MR) is 107 cm³/mol. The van der Waals surface area contributed by atoms with E-state index in [2.05, 4.69) is 10.3 Å². The van der Waals surface area contributed by atoms with E-state index in [0.29, 0.717) is 49.3 Å². The van der Waals surface area contributed by atoms with Crippen LogP contribution < -0.4 is 10.1 Å². The van der Waals surface area contributed by atoms with Crippen molar-refractivity contribution in [2.75, 3.05) is 25.1 Å². The minimum atomic E-state index is -0.631. The average Bonchev–Trinajstić information content (AvgIpc) is 2.68. The van der Waals surface area contributed by atoms with Gasteiger partial charge in [0, 0.05) is 23.8 Å². The highest BCUT2D eigenvalue weighted by atomic mass is 35.5. The summed E-state index contributed by atoms with van der Waals surface area (Å²) in [6.07, 6.45) is 3.82. The molecular weight excluding hydrogens is 364 g/mol. The number of rotatable bonds is 6. The van der Waals surface area contributed by atoms with Gasteiger partial charge >= 0.3 is 0 Å². The van der Waals surface area contributed by atoms with E-state index in [1.165, 1.54) is 0 Å². The molecule has 0 bridgehead atoms. The lowest BCUT2D eigenvalue weighted by molar-refractivity contribution is -0.125. The number of hydrogen-bond donors (Lipinski definition) is 1. The molecule has 1 N–H and O–H groups in total. The molecule has 3 rings (SSSR count). The Kier molecular flexibility index (Phi) is 6.34. The molecule has 0 atom stereocenters. The van der Waals surface area contributed by atoms with Gasteiger partial charge < -0.3 is 14.8 Å². The Morgan fingerprint density at radius 3 is 2.63 bits per heavy atom. The van der Waals surface area contributed by atoms with Gasteiger partial charge in [0.05, 0.1) is 23.9 Å². The van der Waals surface area contributed by atoms with Crippen molar-refractivity contribution in [2.45, 2.75) is 38.5 Å². The van der Waals surface area contributed by atoms with E-state index in [0.717, 1.165) is 17.5 Å². The number of nitrogens with one attached hydrogen (secondary N) is 1. The number of aryl methyl sites for hydroxylation is 1. The summed E-state index contributed by atoms with van der Waals surface area (Å²) in [4.78, 5) is 17.6. The van der Waals surface area contributed by atoms with Crippen molar-refractivity contribution in [1.29, 1.82) is 0 Å². The van der Waals surface area contributed by atoms with Crippen LogP contribution in [0.3, 0.4) is 0 Å². The molecule has 144 valence electrons. The smallest absolute Gasteiger partial charge is 0.235 e. The second-order valence-corrected chi connectivity index (χ2v) is 7.29. The largest absolute Gasteiger partial charge is 0.477 e. The number of pyridine rings is 1. The lowest BCUT2D eigenvalue weighted by Gasteiger charge is -2.36. The summed E-state index contributed by atoms with van der Waals surface area (Å²) in [5, 5.41) is 3.70. The van der Waals surface area contributed by atoms with Gasteiger partial charge in [-0.25, -0.2) is 4.98 Å². The molecule has 1 aliphatic rings. The van der Waals surface area contributed by atoms with Gasteiger partial charge in [0.1, 0.15) is 0 Å². The molecule has 6 heteroatoms. The van der Waals surface area contributed by atoms with Crippen molar-refractivity contribution in [3.63, 3.8) is 0 Å². The van der Waals surface area contributed by atoms with Gasteiger partial charge in [-0.15, -0.1) is 0 Å². The molecule has 5 nitrogen and oxygen atoms in total. The second kappa shape index (κ2) is 8.72. The fourth-order valence-corrected chi connectivity index (χ4v) is 3.49. The first-order chi connectivity index (χ1) is 13.0. The van der Waals surface area contributed by atoms with Gasteiger partial charge in [-0.2, -0.15) is 0 Å². The number of carbonyl (C=O) groups is 1. The average molecular weight is 389 g/mol. The molecule has 0 aliphatic carbocycles. The number of aromatic nitrogens is 1. The van der Waals surface area contributed by atoms with Crippen molar-refractivity contribution < 1.29 is 14.3 Å². The van der Waals surface area contributed by atoms with E-state index in [9.17, 15) is 4.79 Å². The van der Waals surface area contributed by atoms with Crippen LogP contribution in [-0.4, -0.2) is 30.7 Å². The van der Waals surface area contributed by atoms with Crippen LogP contribution in [0.4, 0.5) is 5.69 Å². The molecule has 1 aromatic heterocycles. The number of ether oxygens (including phenoxy) is 2. The maximum atomic E-state index is 13.3. The number of carbonyl (C=O) groups excluding carboxylic acids is 1. The number of nitrogens with zero attached hydrogens (tertiary/aromatic N) is 1. The Morgan fingerprint density at radius 1 is 1.30 bits per heavy atom. The topological polar surface area (TPSA) is 60.5 Å². The number of benzene rings is 1. The van der Waals surface area contributed by atoms with Crippen LogP contribution in [0.5, 0.6) is 5.88 Å². The van der Waals surface area contributed by atoms with E-state index in [1.807, 2.05) is 44.2 Å². The Bertz CT molecular complexity index is 787. The minimum absolute atomic E-state index is 0.0449. The monoisotopic (exact) mass is 388 g/mol. The molecule has 2 aromatic rings. The highest BCUT2D eigenvalue weighted by Crippen LogP contribution is 2.37. The van der Waals surface area contributed by atoms with Crippen molar-refractivity contribution in [3.8, 4) is 5.88 Å². The second-order valence-electron chi connectivity index (χ2n) is 6.85. The highest BCUT2D eigenvalue weighted by molar-refractivity contribution is 6.30. The summed E-state index contributed by atoms with van der Waals surface area (Å²) in [6, 6.07) is 9.40. The third kappa shape index (κ3) is 4.42. The van der Waals surface area contributed by atoms with Gasteiger partial charge in [0.25, 0.3) is 0 Å². The van der Waals surface area contributed by atoms with E-state index >= 15 is 0 Å². The summed E-state index contributed by atoms with van der Waals surface area (Å²) < 4.78 is 11.1. The third-order valence-electron chi connectivity index (χ3n) is 4.91. The van der Waals surface area contributed by atoms with E-state index in [1.54, 1.807) is 6.20 Å². The lowest BCUT2D eigenvalue weighted by Crippen LogP contribution is -2.44. The first-order valence-electron chi connectivity index (χ1n) is 9.30. The third-order valence-corrected chi connectivity index (χ3v) is 5.16. The molecular formula is C21H25ClN2O3. The number of hydrogen-bond acceptors (Lipinski definition) is 4.